The highest BCUT2D eigenvalue weighted by molar-refractivity contribution is 6.31. The highest BCUT2D eigenvalue weighted by Gasteiger charge is 2.16. The van der Waals surface area contributed by atoms with Gasteiger partial charge in [0.05, 0.1) is 19.4 Å². The van der Waals surface area contributed by atoms with Gasteiger partial charge in [0.25, 0.3) is 0 Å². The Morgan fingerprint density at radius 2 is 2.17 bits per heavy atom. The van der Waals surface area contributed by atoms with Crippen LogP contribution in [-0.2, 0) is 11.3 Å². The second-order valence-electron chi connectivity index (χ2n) is 5.05. The molecular formula is C17H20ClN3O3. The van der Waals surface area contributed by atoms with E-state index in [-0.39, 0.29) is 6.03 Å². The molecule has 128 valence electrons. The van der Waals surface area contributed by atoms with E-state index in [1.165, 1.54) is 7.11 Å². The van der Waals surface area contributed by atoms with Crippen LogP contribution >= 0.6 is 11.6 Å². The first-order valence-corrected chi connectivity index (χ1v) is 7.79. The Kier molecular flexibility index (Phi) is 6.84. The Morgan fingerprint density at radius 3 is 2.83 bits per heavy atom. The van der Waals surface area contributed by atoms with E-state index in [1.807, 2.05) is 12.1 Å². The van der Waals surface area contributed by atoms with Crippen LogP contribution in [0.25, 0.3) is 0 Å². The van der Waals surface area contributed by atoms with Gasteiger partial charge in [0.1, 0.15) is 5.75 Å². The third kappa shape index (κ3) is 5.11. The zero-order chi connectivity index (χ0) is 17.4. The SMILES string of the molecule is COCCN(Cc1cccnc1)C(=O)Nc1cc(Cl)ccc1OC. The summed E-state index contributed by atoms with van der Waals surface area (Å²) in [7, 11) is 3.14. The number of nitrogens with one attached hydrogen (secondary N) is 1. The van der Waals surface area contributed by atoms with Crippen LogP contribution in [0.2, 0.25) is 5.02 Å². The average molecular weight is 350 g/mol. The molecule has 0 atom stereocenters. The lowest BCUT2D eigenvalue weighted by Gasteiger charge is -2.23. The first-order chi connectivity index (χ1) is 11.6. The molecule has 2 rings (SSSR count). The van der Waals surface area contributed by atoms with Crippen molar-refractivity contribution in [2.24, 2.45) is 0 Å². The first-order valence-electron chi connectivity index (χ1n) is 7.41. The van der Waals surface area contributed by atoms with E-state index in [1.54, 1.807) is 42.6 Å². The van der Waals surface area contributed by atoms with E-state index in [2.05, 4.69) is 10.3 Å². The second-order valence-corrected chi connectivity index (χ2v) is 5.49. The smallest absolute Gasteiger partial charge is 0.322 e. The molecule has 1 aromatic heterocycles. The van der Waals surface area contributed by atoms with Crippen molar-refractivity contribution in [3.8, 4) is 5.75 Å². The minimum absolute atomic E-state index is 0.267. The minimum Gasteiger partial charge on any atom is -0.495 e. The van der Waals surface area contributed by atoms with E-state index in [0.29, 0.717) is 36.2 Å². The molecule has 0 saturated heterocycles. The molecule has 0 saturated carbocycles. The zero-order valence-electron chi connectivity index (χ0n) is 13.7. The van der Waals surface area contributed by atoms with Crippen LogP contribution in [0.5, 0.6) is 5.75 Å². The van der Waals surface area contributed by atoms with E-state index < -0.39 is 0 Å². The zero-order valence-corrected chi connectivity index (χ0v) is 14.4. The van der Waals surface area contributed by atoms with E-state index in [9.17, 15) is 4.79 Å². The Balaban J connectivity index is 2.14. The lowest BCUT2D eigenvalue weighted by molar-refractivity contribution is 0.152. The number of hydrogen-bond donors (Lipinski definition) is 1. The molecule has 0 unspecified atom stereocenters. The van der Waals surface area contributed by atoms with Crippen LogP contribution in [0.1, 0.15) is 5.56 Å². The summed E-state index contributed by atoms with van der Waals surface area (Å²) in [4.78, 5) is 18.4. The van der Waals surface area contributed by atoms with Gasteiger partial charge >= 0.3 is 6.03 Å². The van der Waals surface area contributed by atoms with Gasteiger partial charge in [0.15, 0.2) is 0 Å². The number of aromatic nitrogens is 1. The van der Waals surface area contributed by atoms with E-state index in [4.69, 9.17) is 21.1 Å². The Morgan fingerprint density at radius 1 is 1.33 bits per heavy atom. The molecule has 0 spiro atoms. The summed E-state index contributed by atoms with van der Waals surface area (Å²) in [6.45, 7) is 1.30. The van der Waals surface area contributed by atoms with Crippen LogP contribution < -0.4 is 10.1 Å². The number of rotatable bonds is 7. The number of methoxy groups -OCH3 is 2. The number of anilines is 1. The number of urea groups is 1. The topological polar surface area (TPSA) is 63.7 Å². The fourth-order valence-electron chi connectivity index (χ4n) is 2.14. The number of nitrogens with zero attached hydrogens (tertiary/aromatic N) is 2. The van der Waals surface area contributed by atoms with Gasteiger partial charge in [-0.05, 0) is 29.8 Å². The summed E-state index contributed by atoms with van der Waals surface area (Å²) in [6.07, 6.45) is 3.42. The summed E-state index contributed by atoms with van der Waals surface area (Å²) in [5.41, 5.74) is 1.45. The van der Waals surface area contributed by atoms with Gasteiger partial charge < -0.3 is 19.7 Å². The quantitative estimate of drug-likeness (QED) is 0.831. The number of ether oxygens (including phenoxy) is 2. The van der Waals surface area contributed by atoms with Crippen LogP contribution in [0.3, 0.4) is 0 Å². The minimum atomic E-state index is -0.267. The lowest BCUT2D eigenvalue weighted by atomic mass is 10.2. The highest BCUT2D eigenvalue weighted by Crippen LogP contribution is 2.28. The molecule has 0 radical (unpaired) electrons. The van der Waals surface area contributed by atoms with Gasteiger partial charge in [-0.3, -0.25) is 4.98 Å². The molecule has 24 heavy (non-hydrogen) atoms. The van der Waals surface area contributed by atoms with Gasteiger partial charge in [0, 0.05) is 37.6 Å². The number of benzene rings is 1. The average Bonchev–Trinajstić information content (AvgIpc) is 2.59. The number of hydrogen-bond acceptors (Lipinski definition) is 4. The maximum Gasteiger partial charge on any atom is 0.322 e. The largest absolute Gasteiger partial charge is 0.495 e. The van der Waals surface area contributed by atoms with Gasteiger partial charge in [-0.15, -0.1) is 0 Å². The molecule has 1 N–H and O–H groups in total. The molecule has 2 amide bonds. The fourth-order valence-corrected chi connectivity index (χ4v) is 2.31. The van der Waals surface area contributed by atoms with Gasteiger partial charge in [-0.2, -0.15) is 0 Å². The van der Waals surface area contributed by atoms with Crippen LogP contribution in [-0.4, -0.2) is 43.3 Å². The summed E-state index contributed by atoms with van der Waals surface area (Å²) in [5, 5.41) is 3.35. The predicted molar refractivity (Wildman–Crippen MR) is 93.5 cm³/mol. The highest BCUT2D eigenvalue weighted by atomic mass is 35.5. The first kappa shape index (κ1) is 18.0. The molecule has 1 heterocycles. The number of halogens is 1. The molecule has 7 heteroatoms. The molecule has 1 aromatic carbocycles. The molecular weight excluding hydrogens is 330 g/mol. The number of amides is 2. The van der Waals surface area contributed by atoms with Gasteiger partial charge in [0.2, 0.25) is 0 Å². The molecule has 0 aliphatic carbocycles. The van der Waals surface area contributed by atoms with Crippen molar-refractivity contribution in [1.82, 2.24) is 9.88 Å². The normalized spacial score (nSPS) is 10.3. The Bertz CT molecular complexity index is 667. The number of pyridine rings is 1. The van der Waals surface area contributed by atoms with Crippen molar-refractivity contribution >= 4 is 23.3 Å². The number of carbonyl (C=O) groups is 1. The second kappa shape index (κ2) is 9.10. The fraction of sp³-hybridized carbons (Fsp3) is 0.294. The van der Waals surface area contributed by atoms with Crippen molar-refractivity contribution in [3.05, 3.63) is 53.3 Å². The van der Waals surface area contributed by atoms with Crippen molar-refractivity contribution in [1.29, 1.82) is 0 Å². The van der Waals surface area contributed by atoms with Crippen LogP contribution in [0, 0.1) is 0 Å². The summed E-state index contributed by atoms with van der Waals surface area (Å²) >= 11 is 6.00. The summed E-state index contributed by atoms with van der Waals surface area (Å²) in [5.74, 6) is 0.542. The summed E-state index contributed by atoms with van der Waals surface area (Å²) in [6, 6.07) is 8.54. The molecule has 0 aliphatic heterocycles. The van der Waals surface area contributed by atoms with Crippen molar-refractivity contribution in [3.63, 3.8) is 0 Å². The third-order valence-corrected chi connectivity index (χ3v) is 3.59. The Hall–Kier alpha value is -2.31. The molecule has 0 fully saturated rings. The van der Waals surface area contributed by atoms with Crippen LogP contribution in [0.4, 0.5) is 10.5 Å². The van der Waals surface area contributed by atoms with Crippen LogP contribution in [0.15, 0.2) is 42.7 Å². The van der Waals surface area contributed by atoms with E-state index in [0.717, 1.165) is 5.56 Å². The van der Waals surface area contributed by atoms with Gasteiger partial charge in [-0.1, -0.05) is 17.7 Å². The standard InChI is InChI=1S/C17H20ClN3O3/c1-23-9-8-21(12-13-4-3-7-19-11-13)17(22)20-15-10-14(18)5-6-16(15)24-2/h3-7,10-11H,8-9,12H2,1-2H3,(H,20,22). The van der Waals surface area contributed by atoms with Crippen molar-refractivity contribution in [2.45, 2.75) is 6.54 Å². The Labute approximate surface area is 146 Å². The maximum absolute atomic E-state index is 12.6. The van der Waals surface area contributed by atoms with Crippen molar-refractivity contribution < 1.29 is 14.3 Å². The van der Waals surface area contributed by atoms with E-state index >= 15 is 0 Å². The third-order valence-electron chi connectivity index (χ3n) is 3.35. The lowest BCUT2D eigenvalue weighted by Crippen LogP contribution is -2.37. The molecule has 6 nitrogen and oxygen atoms in total. The maximum atomic E-state index is 12.6. The number of carbonyl (C=O) groups excluding carboxylic acids is 1. The molecule has 0 bridgehead atoms. The predicted octanol–water partition coefficient (Wildman–Crippen LogP) is 3.42. The monoisotopic (exact) mass is 349 g/mol. The van der Waals surface area contributed by atoms with Crippen molar-refractivity contribution in [2.75, 3.05) is 32.7 Å². The molecule has 0 aliphatic rings. The van der Waals surface area contributed by atoms with Gasteiger partial charge in [-0.25, -0.2) is 4.79 Å². The summed E-state index contributed by atoms with van der Waals surface area (Å²) < 4.78 is 10.3. The molecule has 2 aromatic rings.